The monoisotopic (exact) mass is 778 g/mol. The molecule has 0 spiro atoms. The van der Waals surface area contributed by atoms with Crippen molar-refractivity contribution in [2.45, 2.75) is 78.6 Å². The highest BCUT2D eigenvalue weighted by Gasteiger charge is 2.08. The van der Waals surface area contributed by atoms with E-state index >= 15 is 0 Å². The van der Waals surface area contributed by atoms with E-state index in [-0.39, 0.29) is 0 Å². The van der Waals surface area contributed by atoms with Gasteiger partial charge in [0.05, 0.1) is 0 Å². The van der Waals surface area contributed by atoms with Crippen LogP contribution in [0.3, 0.4) is 0 Å². The molecule has 0 N–H and O–H groups in total. The summed E-state index contributed by atoms with van der Waals surface area (Å²) in [6.07, 6.45) is 0. The Hall–Kier alpha value is -6.85. The second kappa shape index (κ2) is 22.4. The number of benzene rings is 2. The van der Waals surface area contributed by atoms with Crippen LogP contribution in [0.5, 0.6) is 0 Å². The summed E-state index contributed by atoms with van der Waals surface area (Å²) < 4.78 is 0. The fourth-order valence-electron chi connectivity index (χ4n) is 3.43. The molecule has 2 aromatic rings. The predicted octanol–water partition coefficient (Wildman–Crippen LogP) is 8.03. The minimum Gasteiger partial charge on any atom is -0.118 e. The lowest BCUT2D eigenvalue weighted by Crippen LogP contribution is -2.16. The van der Waals surface area contributed by atoms with E-state index in [0.29, 0.717) is 33.4 Å². The van der Waals surface area contributed by atoms with Crippen LogP contribution in [0.2, 0.25) is 78.6 Å². The molecule has 266 valence electrons. The standard InChI is InChI=1S/C52H42Si4/c1-53(2,3)37-27-17-13-21-31-47-41-48(32-22-14-18-28-38-54(4,5)6)44-51(43-47)35-25-26-36-52-45-49(33-23-15-19-29-39-55(7,8)9)42-50(46-52)34-24-16-20-30-40-56(10,11)12/h41-46H,1-12H3. The molecular weight excluding hydrogens is 737 g/mol. The van der Waals surface area contributed by atoms with Crippen molar-refractivity contribution in [3.8, 4) is 164 Å². The second-order valence-corrected chi connectivity index (χ2v) is 35.1. The fraction of sp³-hybridized carbons (Fsp3) is 0.231. The Bertz CT molecular complexity index is 2420. The van der Waals surface area contributed by atoms with Gasteiger partial charge in [-0.05, 0) is 143 Å². The summed E-state index contributed by atoms with van der Waals surface area (Å²) in [5, 5.41) is 0. The van der Waals surface area contributed by atoms with Crippen molar-refractivity contribution in [1.82, 2.24) is 0 Å². The van der Waals surface area contributed by atoms with Crippen LogP contribution in [-0.2, 0) is 0 Å². The van der Waals surface area contributed by atoms with Crippen LogP contribution in [-0.4, -0.2) is 32.3 Å². The molecule has 0 fully saturated rings. The van der Waals surface area contributed by atoms with Crippen LogP contribution in [0.25, 0.3) is 0 Å². The molecule has 0 nitrogen and oxygen atoms in total. The highest BCUT2D eigenvalue weighted by atomic mass is 28.3. The smallest absolute Gasteiger partial charge is 0.118 e. The van der Waals surface area contributed by atoms with Crippen LogP contribution >= 0.6 is 0 Å². The minimum atomic E-state index is -1.50. The van der Waals surface area contributed by atoms with Gasteiger partial charge in [-0.25, -0.2) is 0 Å². The van der Waals surface area contributed by atoms with Crippen LogP contribution < -0.4 is 0 Å². The zero-order valence-corrected chi connectivity index (χ0v) is 38.5. The SMILES string of the molecule is C[Si](C)(C)C#CC#CC#Cc1cc(C#CC#CC#C[Si](C)(C)C)cc(C#CC#Cc2cc(C#CC#CC#C[Si](C)(C)C)cc(C#CC#CC#C[Si](C)(C)C)c2)c1. The molecule has 0 aliphatic carbocycles. The van der Waals surface area contributed by atoms with Gasteiger partial charge in [-0.15, -0.1) is 22.2 Å². The molecule has 4 heteroatoms. The molecule has 0 bridgehead atoms. The van der Waals surface area contributed by atoms with Crippen LogP contribution in [0, 0.1) is 164 Å². The molecule has 0 aliphatic rings. The molecule has 56 heavy (non-hydrogen) atoms. The van der Waals surface area contributed by atoms with E-state index in [1.54, 1.807) is 0 Å². The van der Waals surface area contributed by atoms with Gasteiger partial charge in [0.25, 0.3) is 0 Å². The molecule has 2 aromatic carbocycles. The van der Waals surface area contributed by atoms with Gasteiger partial charge in [0.1, 0.15) is 32.3 Å². The van der Waals surface area contributed by atoms with E-state index in [1.807, 2.05) is 36.4 Å². The van der Waals surface area contributed by atoms with Crippen molar-refractivity contribution in [1.29, 1.82) is 0 Å². The minimum absolute atomic E-state index is 0.700. The lowest BCUT2D eigenvalue weighted by atomic mass is 10.1. The first-order valence-corrected chi connectivity index (χ1v) is 31.7. The Labute approximate surface area is 343 Å². The Balaban J connectivity index is 2.57. The van der Waals surface area contributed by atoms with Gasteiger partial charge in [0.2, 0.25) is 0 Å². The van der Waals surface area contributed by atoms with Gasteiger partial charge in [-0.1, -0.05) is 114 Å². The maximum absolute atomic E-state index is 3.22. The average Bonchev–Trinajstić information content (AvgIpc) is 3.07. The Kier molecular flexibility index (Phi) is 18.1. The number of hydrogen-bond donors (Lipinski definition) is 0. The van der Waals surface area contributed by atoms with Gasteiger partial charge in [-0.3, -0.25) is 0 Å². The number of hydrogen-bond acceptors (Lipinski definition) is 0. The number of rotatable bonds is 0. The molecule has 0 aromatic heterocycles. The van der Waals surface area contributed by atoms with Gasteiger partial charge < -0.3 is 0 Å². The Morgan fingerprint density at radius 2 is 0.357 bits per heavy atom. The van der Waals surface area contributed by atoms with Crippen molar-refractivity contribution >= 4 is 32.3 Å². The summed E-state index contributed by atoms with van der Waals surface area (Å²) in [6.45, 7) is 26.0. The van der Waals surface area contributed by atoms with Crippen LogP contribution in [0.1, 0.15) is 33.4 Å². The maximum Gasteiger partial charge on any atom is 0.130 e. The first kappa shape index (κ1) is 45.3. The molecular formula is C52H42Si4. The van der Waals surface area contributed by atoms with Crippen molar-refractivity contribution in [3.63, 3.8) is 0 Å². The molecule has 0 radical (unpaired) electrons. The van der Waals surface area contributed by atoms with Crippen LogP contribution in [0.4, 0.5) is 0 Å². The third-order valence-electron chi connectivity index (χ3n) is 5.67. The van der Waals surface area contributed by atoms with Crippen LogP contribution in [0.15, 0.2) is 36.4 Å². The molecule has 0 amide bonds. The highest BCUT2D eigenvalue weighted by Crippen LogP contribution is 2.10. The summed E-state index contributed by atoms with van der Waals surface area (Å²) in [4.78, 5) is 0. The third-order valence-corrected chi connectivity index (χ3v) is 9.17. The first-order chi connectivity index (χ1) is 26.3. The van der Waals surface area contributed by atoms with Gasteiger partial charge in [0, 0.05) is 33.4 Å². The fourth-order valence-corrected chi connectivity index (χ4v) is 5.18. The van der Waals surface area contributed by atoms with Crippen molar-refractivity contribution in [3.05, 3.63) is 69.8 Å². The van der Waals surface area contributed by atoms with Crippen molar-refractivity contribution < 1.29 is 0 Å². The van der Waals surface area contributed by atoms with E-state index in [4.69, 9.17) is 0 Å². The lowest BCUT2D eigenvalue weighted by molar-refractivity contribution is 1.56. The highest BCUT2D eigenvalue weighted by molar-refractivity contribution is 6.85. The largest absolute Gasteiger partial charge is 0.130 e. The molecule has 2 rings (SSSR count). The topological polar surface area (TPSA) is 0 Å². The summed E-state index contributed by atoms with van der Waals surface area (Å²) in [5.74, 6) is 70.3. The maximum atomic E-state index is 3.22. The zero-order chi connectivity index (χ0) is 41.5. The van der Waals surface area contributed by atoms with E-state index in [2.05, 4.69) is 243 Å². The van der Waals surface area contributed by atoms with Gasteiger partial charge in [-0.2, -0.15) is 0 Å². The average molecular weight is 779 g/mol. The van der Waals surface area contributed by atoms with Gasteiger partial charge in [0.15, 0.2) is 0 Å². The molecule has 0 heterocycles. The molecule has 0 saturated carbocycles. The summed E-state index contributed by atoms with van der Waals surface area (Å²) >= 11 is 0. The summed E-state index contributed by atoms with van der Waals surface area (Å²) in [5.41, 5.74) is 17.1. The predicted molar refractivity (Wildman–Crippen MR) is 250 cm³/mol. The van der Waals surface area contributed by atoms with Crippen molar-refractivity contribution in [2.75, 3.05) is 0 Å². The summed E-state index contributed by atoms with van der Waals surface area (Å²) in [6, 6.07) is 11.3. The zero-order valence-electron chi connectivity index (χ0n) is 34.5. The van der Waals surface area contributed by atoms with E-state index in [0.717, 1.165) is 0 Å². The third kappa shape index (κ3) is 24.4. The lowest BCUT2D eigenvalue weighted by Gasteiger charge is -2.01. The van der Waals surface area contributed by atoms with E-state index in [1.165, 1.54) is 0 Å². The first-order valence-electron chi connectivity index (χ1n) is 17.7. The molecule has 0 saturated heterocycles. The quantitative estimate of drug-likeness (QED) is 0.188. The van der Waals surface area contributed by atoms with E-state index < -0.39 is 32.3 Å². The van der Waals surface area contributed by atoms with Crippen molar-refractivity contribution in [2.24, 2.45) is 0 Å². The molecule has 0 atom stereocenters. The van der Waals surface area contributed by atoms with E-state index in [9.17, 15) is 0 Å². The summed E-state index contributed by atoms with van der Waals surface area (Å²) in [7, 11) is -6.00. The Morgan fingerprint density at radius 3 is 0.518 bits per heavy atom. The normalized spacial score (nSPS) is 8.86. The Morgan fingerprint density at radius 1 is 0.214 bits per heavy atom. The molecule has 0 aliphatic heterocycles. The second-order valence-electron chi connectivity index (χ2n) is 16.1. The molecule has 0 unspecified atom stereocenters. The van der Waals surface area contributed by atoms with Gasteiger partial charge >= 0.3 is 0 Å².